The molecule has 8 nitrogen and oxygen atoms in total. The number of ether oxygens (including phenoxy) is 2. The first kappa shape index (κ1) is 22.3. The normalized spacial score (nSPS) is 15.5. The molecule has 3 rings (SSSR count). The number of benzene rings is 1. The van der Waals surface area contributed by atoms with Gasteiger partial charge in [0.1, 0.15) is 10.8 Å². The zero-order chi connectivity index (χ0) is 21.7. The summed E-state index contributed by atoms with van der Waals surface area (Å²) in [5.41, 5.74) is 0.328. The van der Waals surface area contributed by atoms with E-state index in [4.69, 9.17) is 9.47 Å². The largest absolute Gasteiger partial charge is 0.497 e. The van der Waals surface area contributed by atoms with Crippen LogP contribution >= 0.6 is 11.3 Å². The highest BCUT2D eigenvalue weighted by Gasteiger charge is 2.32. The molecular weight excluding hydrogens is 428 g/mol. The number of sulfonamides is 1. The molecule has 0 unspecified atom stereocenters. The number of methoxy groups -OCH3 is 1. The van der Waals surface area contributed by atoms with Gasteiger partial charge in [-0.05, 0) is 55.5 Å². The average Bonchev–Trinajstić information content (AvgIpc) is 3.22. The van der Waals surface area contributed by atoms with Crippen LogP contribution in [0.4, 0.5) is 5.00 Å². The highest BCUT2D eigenvalue weighted by molar-refractivity contribution is 7.89. The SMILES string of the molecule is CCOC(=O)c1ccsc1NC(=O)C1CCN(S(=O)(=O)c2ccc(OC)cc2)CC1. The summed E-state index contributed by atoms with van der Waals surface area (Å²) >= 11 is 1.25. The lowest BCUT2D eigenvalue weighted by atomic mass is 9.97. The van der Waals surface area contributed by atoms with Gasteiger partial charge in [0.15, 0.2) is 0 Å². The molecule has 0 aliphatic carbocycles. The van der Waals surface area contributed by atoms with Crippen LogP contribution in [0.5, 0.6) is 5.75 Å². The van der Waals surface area contributed by atoms with Gasteiger partial charge in [-0.2, -0.15) is 4.31 Å². The molecule has 0 saturated carbocycles. The maximum Gasteiger partial charge on any atom is 0.341 e. The highest BCUT2D eigenvalue weighted by atomic mass is 32.2. The van der Waals surface area contributed by atoms with E-state index in [2.05, 4.69) is 5.32 Å². The number of carbonyl (C=O) groups is 2. The number of esters is 1. The van der Waals surface area contributed by atoms with E-state index in [-0.39, 0.29) is 36.4 Å². The van der Waals surface area contributed by atoms with Crippen molar-refractivity contribution in [3.63, 3.8) is 0 Å². The molecular formula is C20H24N2O6S2. The Balaban J connectivity index is 1.60. The smallest absolute Gasteiger partial charge is 0.341 e. The summed E-state index contributed by atoms with van der Waals surface area (Å²) in [6.45, 7) is 2.47. The Hall–Kier alpha value is -2.43. The van der Waals surface area contributed by atoms with Crippen LogP contribution in [0.2, 0.25) is 0 Å². The Morgan fingerprint density at radius 3 is 2.43 bits per heavy atom. The number of carbonyl (C=O) groups excluding carboxylic acids is 2. The third-order valence-corrected chi connectivity index (χ3v) is 7.66. The number of piperidine rings is 1. The predicted molar refractivity (Wildman–Crippen MR) is 113 cm³/mol. The van der Waals surface area contributed by atoms with Crippen molar-refractivity contribution in [2.24, 2.45) is 5.92 Å². The number of amides is 1. The molecule has 1 amide bonds. The number of hydrogen-bond donors (Lipinski definition) is 1. The summed E-state index contributed by atoms with van der Waals surface area (Å²) in [6, 6.07) is 7.86. The number of rotatable bonds is 7. The van der Waals surface area contributed by atoms with Gasteiger partial charge < -0.3 is 14.8 Å². The maximum absolute atomic E-state index is 12.8. The fourth-order valence-electron chi connectivity index (χ4n) is 3.24. The molecule has 1 aromatic heterocycles. The molecule has 1 aliphatic rings. The standard InChI is InChI=1S/C20H24N2O6S2/c1-3-28-20(24)17-10-13-29-19(17)21-18(23)14-8-11-22(12-9-14)30(25,26)16-6-4-15(27-2)5-7-16/h4-7,10,13-14H,3,8-9,11-12H2,1-2H3,(H,21,23). The first-order chi connectivity index (χ1) is 14.4. The van der Waals surface area contributed by atoms with Crippen molar-refractivity contribution in [2.45, 2.75) is 24.7 Å². The molecule has 162 valence electrons. The third-order valence-electron chi connectivity index (χ3n) is 4.92. The molecule has 30 heavy (non-hydrogen) atoms. The topological polar surface area (TPSA) is 102 Å². The molecule has 10 heteroatoms. The summed E-state index contributed by atoms with van der Waals surface area (Å²) in [5.74, 6) is -0.441. The van der Waals surface area contributed by atoms with Gasteiger partial charge in [0.2, 0.25) is 15.9 Å². The summed E-state index contributed by atoms with van der Waals surface area (Å²) in [5, 5.41) is 4.96. The van der Waals surface area contributed by atoms with Crippen molar-refractivity contribution in [3.05, 3.63) is 41.3 Å². The van der Waals surface area contributed by atoms with E-state index in [1.807, 2.05) is 0 Å². The van der Waals surface area contributed by atoms with Gasteiger partial charge in [-0.3, -0.25) is 4.79 Å². The van der Waals surface area contributed by atoms with Crippen LogP contribution in [0.15, 0.2) is 40.6 Å². The molecule has 0 radical (unpaired) electrons. The fraction of sp³-hybridized carbons (Fsp3) is 0.400. The van der Waals surface area contributed by atoms with Crippen molar-refractivity contribution in [3.8, 4) is 5.75 Å². The lowest BCUT2D eigenvalue weighted by Gasteiger charge is -2.30. The van der Waals surface area contributed by atoms with Gasteiger partial charge in [0.05, 0.1) is 24.2 Å². The maximum atomic E-state index is 12.8. The molecule has 1 aromatic carbocycles. The molecule has 1 fully saturated rings. The summed E-state index contributed by atoms with van der Waals surface area (Å²) in [7, 11) is -2.10. The van der Waals surface area contributed by atoms with Crippen LogP contribution in [0.25, 0.3) is 0 Å². The lowest BCUT2D eigenvalue weighted by Crippen LogP contribution is -2.41. The zero-order valence-corrected chi connectivity index (χ0v) is 18.4. The van der Waals surface area contributed by atoms with Gasteiger partial charge in [0, 0.05) is 19.0 Å². The fourth-order valence-corrected chi connectivity index (χ4v) is 5.49. The van der Waals surface area contributed by atoms with Crippen LogP contribution in [-0.4, -0.2) is 51.4 Å². The van der Waals surface area contributed by atoms with Crippen LogP contribution in [0.3, 0.4) is 0 Å². The van der Waals surface area contributed by atoms with Gasteiger partial charge in [0.25, 0.3) is 0 Å². The average molecular weight is 453 g/mol. The molecule has 0 spiro atoms. The summed E-state index contributed by atoms with van der Waals surface area (Å²) in [6.07, 6.45) is 0.808. The minimum absolute atomic E-state index is 0.198. The Kier molecular flexibility index (Phi) is 7.11. The van der Waals surface area contributed by atoms with E-state index in [0.29, 0.717) is 29.2 Å². The molecule has 2 aromatic rings. The quantitative estimate of drug-likeness (QED) is 0.648. The number of hydrogen-bond acceptors (Lipinski definition) is 7. The Morgan fingerprint density at radius 2 is 1.83 bits per heavy atom. The Morgan fingerprint density at radius 1 is 1.17 bits per heavy atom. The minimum atomic E-state index is -3.62. The molecule has 1 saturated heterocycles. The van der Waals surface area contributed by atoms with Gasteiger partial charge in [-0.15, -0.1) is 11.3 Å². The minimum Gasteiger partial charge on any atom is -0.497 e. The third kappa shape index (κ3) is 4.82. The number of nitrogens with one attached hydrogen (secondary N) is 1. The Bertz CT molecular complexity index is 993. The molecule has 2 heterocycles. The second-order valence-corrected chi connectivity index (χ2v) is 9.58. The summed E-state index contributed by atoms with van der Waals surface area (Å²) < 4.78 is 37.1. The van der Waals surface area contributed by atoms with E-state index >= 15 is 0 Å². The predicted octanol–water partition coefficient (Wildman–Crippen LogP) is 2.97. The first-order valence-corrected chi connectivity index (χ1v) is 11.9. The second-order valence-electron chi connectivity index (χ2n) is 6.73. The van der Waals surface area contributed by atoms with Crippen molar-refractivity contribution in [2.75, 3.05) is 32.1 Å². The van der Waals surface area contributed by atoms with Gasteiger partial charge >= 0.3 is 5.97 Å². The number of thiophene rings is 1. The lowest BCUT2D eigenvalue weighted by molar-refractivity contribution is -0.120. The van der Waals surface area contributed by atoms with E-state index in [1.165, 1.54) is 34.9 Å². The second kappa shape index (κ2) is 9.59. The van der Waals surface area contributed by atoms with Crippen molar-refractivity contribution >= 4 is 38.2 Å². The number of anilines is 1. The highest BCUT2D eigenvalue weighted by Crippen LogP contribution is 2.28. The van der Waals surface area contributed by atoms with Crippen LogP contribution in [0, 0.1) is 5.92 Å². The van der Waals surface area contributed by atoms with E-state index in [1.54, 1.807) is 30.5 Å². The molecule has 1 aliphatic heterocycles. The van der Waals surface area contributed by atoms with Gasteiger partial charge in [-0.25, -0.2) is 13.2 Å². The zero-order valence-electron chi connectivity index (χ0n) is 16.8. The monoisotopic (exact) mass is 452 g/mol. The van der Waals surface area contributed by atoms with Crippen molar-refractivity contribution in [1.82, 2.24) is 4.31 Å². The molecule has 0 bridgehead atoms. The van der Waals surface area contributed by atoms with Crippen LogP contribution < -0.4 is 10.1 Å². The van der Waals surface area contributed by atoms with Crippen LogP contribution in [0.1, 0.15) is 30.1 Å². The van der Waals surface area contributed by atoms with E-state index < -0.39 is 16.0 Å². The Labute approximate surface area is 179 Å². The summed E-state index contributed by atoms with van der Waals surface area (Å²) in [4.78, 5) is 24.8. The van der Waals surface area contributed by atoms with E-state index in [0.717, 1.165) is 0 Å². The van der Waals surface area contributed by atoms with Crippen molar-refractivity contribution < 1.29 is 27.5 Å². The van der Waals surface area contributed by atoms with Crippen molar-refractivity contribution in [1.29, 1.82) is 0 Å². The molecule has 1 N–H and O–H groups in total. The number of nitrogens with zero attached hydrogens (tertiary/aromatic N) is 1. The van der Waals surface area contributed by atoms with Crippen LogP contribution in [-0.2, 0) is 19.6 Å². The van der Waals surface area contributed by atoms with E-state index in [9.17, 15) is 18.0 Å². The van der Waals surface area contributed by atoms with Gasteiger partial charge in [-0.1, -0.05) is 0 Å². The first-order valence-electron chi connectivity index (χ1n) is 9.56. The molecule has 0 atom stereocenters.